The highest BCUT2D eigenvalue weighted by molar-refractivity contribution is 5.79. The van der Waals surface area contributed by atoms with Gasteiger partial charge in [0.15, 0.2) is 5.43 Å². The first-order valence-electron chi connectivity index (χ1n) is 7.51. The Hall–Kier alpha value is -1.61. The maximum atomic E-state index is 12.7. The van der Waals surface area contributed by atoms with Crippen LogP contribution in [0.25, 0.3) is 10.9 Å². The van der Waals surface area contributed by atoms with Gasteiger partial charge in [-0.05, 0) is 45.4 Å². The SMILES string of the molecule is Cc1[nH]c2ccccc2c(=O)c1CN1CCCCC1C. The second kappa shape index (κ2) is 5.41. The number of aryl methyl sites for hydroxylation is 1. The van der Waals surface area contributed by atoms with Crippen LogP contribution in [0.4, 0.5) is 0 Å². The van der Waals surface area contributed by atoms with Crippen molar-refractivity contribution in [1.82, 2.24) is 9.88 Å². The van der Waals surface area contributed by atoms with Gasteiger partial charge >= 0.3 is 0 Å². The van der Waals surface area contributed by atoms with Gasteiger partial charge in [0.2, 0.25) is 0 Å². The van der Waals surface area contributed by atoms with Gasteiger partial charge in [-0.1, -0.05) is 18.6 Å². The number of pyridine rings is 1. The maximum Gasteiger partial charge on any atom is 0.194 e. The van der Waals surface area contributed by atoms with E-state index in [2.05, 4.69) is 16.8 Å². The number of aromatic nitrogens is 1. The van der Waals surface area contributed by atoms with E-state index in [9.17, 15) is 4.79 Å². The molecule has 3 heteroatoms. The third-order valence-corrected chi connectivity index (χ3v) is 4.52. The Bertz CT molecular complexity index is 674. The molecule has 0 radical (unpaired) electrons. The number of aromatic amines is 1. The van der Waals surface area contributed by atoms with Crippen LogP contribution >= 0.6 is 0 Å². The minimum atomic E-state index is 0.189. The molecule has 1 atom stereocenters. The number of benzene rings is 1. The van der Waals surface area contributed by atoms with Crippen LogP contribution in [0.1, 0.15) is 37.4 Å². The number of para-hydroxylation sites is 1. The van der Waals surface area contributed by atoms with Gasteiger partial charge in [-0.25, -0.2) is 0 Å². The lowest BCUT2D eigenvalue weighted by Gasteiger charge is -2.33. The monoisotopic (exact) mass is 270 g/mol. The van der Waals surface area contributed by atoms with E-state index in [4.69, 9.17) is 0 Å². The summed E-state index contributed by atoms with van der Waals surface area (Å²) >= 11 is 0. The second-order valence-corrected chi connectivity index (χ2v) is 5.92. The molecule has 106 valence electrons. The zero-order valence-electron chi connectivity index (χ0n) is 12.3. The lowest BCUT2D eigenvalue weighted by Crippen LogP contribution is -2.38. The Labute approximate surface area is 119 Å². The summed E-state index contributed by atoms with van der Waals surface area (Å²) in [6.45, 7) is 6.15. The van der Waals surface area contributed by atoms with Crippen LogP contribution in [0.2, 0.25) is 0 Å². The highest BCUT2D eigenvalue weighted by Gasteiger charge is 2.20. The summed E-state index contributed by atoms with van der Waals surface area (Å²) in [5.74, 6) is 0. The molecular weight excluding hydrogens is 248 g/mol. The third kappa shape index (κ3) is 2.38. The molecule has 2 heterocycles. The quantitative estimate of drug-likeness (QED) is 0.909. The van der Waals surface area contributed by atoms with Crippen LogP contribution in [0.5, 0.6) is 0 Å². The molecule has 0 bridgehead atoms. The normalized spacial score (nSPS) is 20.4. The van der Waals surface area contributed by atoms with Gasteiger partial charge in [0, 0.05) is 34.7 Å². The minimum Gasteiger partial charge on any atom is -0.358 e. The second-order valence-electron chi connectivity index (χ2n) is 5.92. The summed E-state index contributed by atoms with van der Waals surface area (Å²) in [6.07, 6.45) is 3.80. The zero-order chi connectivity index (χ0) is 14.1. The molecule has 0 amide bonds. The average molecular weight is 270 g/mol. The van der Waals surface area contributed by atoms with E-state index in [1.807, 2.05) is 31.2 Å². The largest absolute Gasteiger partial charge is 0.358 e. The number of hydrogen-bond acceptors (Lipinski definition) is 2. The summed E-state index contributed by atoms with van der Waals surface area (Å²) in [6, 6.07) is 8.35. The molecule has 1 fully saturated rings. The van der Waals surface area contributed by atoms with Gasteiger partial charge in [-0.2, -0.15) is 0 Å². The van der Waals surface area contributed by atoms with E-state index < -0.39 is 0 Å². The van der Waals surface area contributed by atoms with Crippen LogP contribution in [-0.4, -0.2) is 22.5 Å². The van der Waals surface area contributed by atoms with Crippen molar-refractivity contribution in [1.29, 1.82) is 0 Å². The number of nitrogens with one attached hydrogen (secondary N) is 1. The number of H-pyrrole nitrogens is 1. The molecule has 0 spiro atoms. The van der Waals surface area contributed by atoms with E-state index in [1.165, 1.54) is 19.3 Å². The highest BCUT2D eigenvalue weighted by Crippen LogP contribution is 2.20. The van der Waals surface area contributed by atoms with Crippen LogP contribution in [0, 0.1) is 6.92 Å². The van der Waals surface area contributed by atoms with E-state index >= 15 is 0 Å². The number of nitrogens with zero attached hydrogens (tertiary/aromatic N) is 1. The molecule has 0 saturated carbocycles. The highest BCUT2D eigenvalue weighted by atomic mass is 16.1. The Balaban J connectivity index is 2.00. The smallest absolute Gasteiger partial charge is 0.194 e. The first-order valence-corrected chi connectivity index (χ1v) is 7.51. The maximum absolute atomic E-state index is 12.7. The van der Waals surface area contributed by atoms with Crippen LogP contribution in [0.15, 0.2) is 29.1 Å². The van der Waals surface area contributed by atoms with Crippen molar-refractivity contribution in [2.75, 3.05) is 6.54 Å². The molecule has 1 unspecified atom stereocenters. The fourth-order valence-electron chi connectivity index (χ4n) is 3.19. The van der Waals surface area contributed by atoms with E-state index in [-0.39, 0.29) is 5.43 Å². The molecule has 1 aliphatic rings. The summed E-state index contributed by atoms with van der Waals surface area (Å²) in [7, 11) is 0. The molecule has 3 rings (SSSR count). The van der Waals surface area contributed by atoms with E-state index in [0.717, 1.165) is 35.2 Å². The third-order valence-electron chi connectivity index (χ3n) is 4.52. The van der Waals surface area contributed by atoms with Gasteiger partial charge in [0.25, 0.3) is 0 Å². The molecule has 1 aromatic carbocycles. The number of likely N-dealkylation sites (tertiary alicyclic amines) is 1. The van der Waals surface area contributed by atoms with Gasteiger partial charge < -0.3 is 4.98 Å². The van der Waals surface area contributed by atoms with Crippen LogP contribution in [0.3, 0.4) is 0 Å². The standard InChI is InChI=1S/C17H22N2O/c1-12-7-5-6-10-19(12)11-15-13(2)18-16-9-4-3-8-14(16)17(15)20/h3-4,8-9,12H,5-7,10-11H2,1-2H3,(H,18,20). The summed E-state index contributed by atoms with van der Waals surface area (Å²) in [5, 5.41) is 0.803. The molecule has 20 heavy (non-hydrogen) atoms. The zero-order valence-corrected chi connectivity index (χ0v) is 12.3. The van der Waals surface area contributed by atoms with Crippen molar-refractivity contribution < 1.29 is 0 Å². The van der Waals surface area contributed by atoms with E-state index in [1.54, 1.807) is 0 Å². The Morgan fingerprint density at radius 3 is 2.90 bits per heavy atom. The molecule has 1 saturated heterocycles. The van der Waals surface area contributed by atoms with Crippen molar-refractivity contribution in [3.63, 3.8) is 0 Å². The topological polar surface area (TPSA) is 36.1 Å². The molecule has 0 aliphatic carbocycles. The number of rotatable bonds is 2. The molecular formula is C17H22N2O. The summed E-state index contributed by atoms with van der Waals surface area (Å²) in [5.41, 5.74) is 3.06. The first kappa shape index (κ1) is 13.4. The Morgan fingerprint density at radius 2 is 2.10 bits per heavy atom. The predicted octanol–water partition coefficient (Wildman–Crippen LogP) is 3.21. The van der Waals surface area contributed by atoms with Gasteiger partial charge in [-0.15, -0.1) is 0 Å². The van der Waals surface area contributed by atoms with Crippen molar-refractivity contribution in [3.05, 3.63) is 45.7 Å². The molecule has 3 nitrogen and oxygen atoms in total. The van der Waals surface area contributed by atoms with Crippen molar-refractivity contribution in [3.8, 4) is 0 Å². The predicted molar refractivity (Wildman–Crippen MR) is 83.0 cm³/mol. The van der Waals surface area contributed by atoms with E-state index in [0.29, 0.717) is 6.04 Å². The number of fused-ring (bicyclic) bond motifs is 1. The summed E-state index contributed by atoms with van der Waals surface area (Å²) < 4.78 is 0. The number of hydrogen-bond donors (Lipinski definition) is 1. The molecule has 1 aromatic heterocycles. The van der Waals surface area contributed by atoms with Gasteiger partial charge in [-0.3, -0.25) is 9.69 Å². The fourth-order valence-corrected chi connectivity index (χ4v) is 3.19. The first-order chi connectivity index (χ1) is 9.66. The fraction of sp³-hybridized carbons (Fsp3) is 0.471. The minimum absolute atomic E-state index is 0.189. The van der Waals surface area contributed by atoms with Gasteiger partial charge in [0.1, 0.15) is 0 Å². The van der Waals surface area contributed by atoms with Gasteiger partial charge in [0.05, 0.1) is 0 Å². The van der Waals surface area contributed by atoms with Crippen LogP contribution < -0.4 is 5.43 Å². The molecule has 1 N–H and O–H groups in total. The Kier molecular flexibility index (Phi) is 3.62. The Morgan fingerprint density at radius 1 is 1.30 bits per heavy atom. The summed E-state index contributed by atoms with van der Waals surface area (Å²) in [4.78, 5) is 18.5. The van der Waals surface area contributed by atoms with Crippen molar-refractivity contribution >= 4 is 10.9 Å². The lowest BCUT2D eigenvalue weighted by molar-refractivity contribution is 0.152. The molecule has 2 aromatic rings. The lowest BCUT2D eigenvalue weighted by atomic mass is 10.0. The van der Waals surface area contributed by atoms with Crippen molar-refractivity contribution in [2.45, 2.75) is 45.7 Å². The van der Waals surface area contributed by atoms with Crippen LogP contribution in [-0.2, 0) is 6.54 Å². The average Bonchev–Trinajstić information content (AvgIpc) is 2.45. The number of piperidine rings is 1. The van der Waals surface area contributed by atoms with Crippen molar-refractivity contribution in [2.24, 2.45) is 0 Å². The molecule has 1 aliphatic heterocycles.